The van der Waals surface area contributed by atoms with Crippen molar-refractivity contribution in [1.82, 2.24) is 24.5 Å². The molecule has 1 aliphatic carbocycles. The van der Waals surface area contributed by atoms with E-state index in [1.54, 1.807) is 12.5 Å². The number of hydrogen-bond donors (Lipinski definition) is 1. The van der Waals surface area contributed by atoms with Gasteiger partial charge < -0.3 is 15.5 Å². The quantitative estimate of drug-likeness (QED) is 0.658. The molecule has 24 heavy (non-hydrogen) atoms. The van der Waals surface area contributed by atoms with Crippen LogP contribution in [0.2, 0.25) is 0 Å². The molecule has 2 aromatic heterocycles. The molecule has 1 unspecified atom stereocenters. The van der Waals surface area contributed by atoms with Gasteiger partial charge in [-0.05, 0) is 31.6 Å². The largest absolute Gasteiger partial charge is 0.370 e. The highest BCUT2D eigenvalue weighted by Gasteiger charge is 2.28. The van der Waals surface area contributed by atoms with Crippen LogP contribution in [0.15, 0.2) is 23.7 Å². The van der Waals surface area contributed by atoms with Crippen LogP contribution in [0.1, 0.15) is 25.7 Å². The highest BCUT2D eigenvalue weighted by Crippen LogP contribution is 2.26. The predicted octanol–water partition coefficient (Wildman–Crippen LogP) is 0.750. The molecule has 1 aliphatic heterocycles. The number of rotatable bonds is 4. The third kappa shape index (κ3) is 3.00. The Labute approximate surface area is 141 Å². The highest BCUT2D eigenvalue weighted by atomic mass is 15.3. The average molecular weight is 328 g/mol. The van der Waals surface area contributed by atoms with Gasteiger partial charge in [-0.3, -0.25) is 9.39 Å². The Morgan fingerprint density at radius 3 is 3.12 bits per heavy atom. The van der Waals surface area contributed by atoms with Crippen LogP contribution in [-0.4, -0.2) is 63.2 Å². The van der Waals surface area contributed by atoms with Crippen LogP contribution in [0, 0.1) is 5.92 Å². The van der Waals surface area contributed by atoms with Crippen LogP contribution < -0.4 is 10.6 Å². The number of nitrogens with zero attached hydrogens (tertiary/aromatic N) is 7. The summed E-state index contributed by atoms with van der Waals surface area (Å²) in [6, 6.07) is 0.603. The standard InChI is InChI=1S/C16H24N8/c1-22(13-4-5-13)16(17)19-9-12-3-2-7-23(10-12)14-15-21-20-11-24(15)8-6-18-14/h6,8,11-13H,2-5,7,9-10H2,1H3,(H2,17,19). The second kappa shape index (κ2) is 6.26. The SMILES string of the molecule is CN(C(N)=NCC1CCCN(c2nccn3cnnc23)C1)C1CC1. The van der Waals surface area contributed by atoms with Crippen molar-refractivity contribution in [3.8, 4) is 0 Å². The first-order chi connectivity index (χ1) is 11.7. The third-order valence-corrected chi connectivity index (χ3v) is 4.98. The fourth-order valence-electron chi connectivity index (χ4n) is 3.36. The molecule has 8 heteroatoms. The number of aliphatic imine (C=N–C) groups is 1. The monoisotopic (exact) mass is 328 g/mol. The Morgan fingerprint density at radius 1 is 1.42 bits per heavy atom. The second-order valence-electron chi connectivity index (χ2n) is 6.81. The Kier molecular flexibility index (Phi) is 3.95. The van der Waals surface area contributed by atoms with Crippen LogP contribution in [-0.2, 0) is 0 Å². The van der Waals surface area contributed by atoms with E-state index in [1.807, 2.05) is 17.6 Å². The number of nitrogens with two attached hydrogens (primary N) is 1. The van der Waals surface area contributed by atoms with Gasteiger partial charge in [0.2, 0.25) is 5.65 Å². The zero-order chi connectivity index (χ0) is 16.5. The minimum atomic E-state index is 0.495. The van der Waals surface area contributed by atoms with Crippen molar-refractivity contribution < 1.29 is 0 Å². The van der Waals surface area contributed by atoms with Crippen molar-refractivity contribution in [2.45, 2.75) is 31.7 Å². The van der Waals surface area contributed by atoms with Crippen molar-refractivity contribution in [2.24, 2.45) is 16.6 Å². The summed E-state index contributed by atoms with van der Waals surface area (Å²) in [5.41, 5.74) is 6.92. The molecular formula is C16H24N8. The zero-order valence-corrected chi connectivity index (χ0v) is 14.0. The molecule has 128 valence electrons. The molecule has 1 saturated carbocycles. The summed E-state index contributed by atoms with van der Waals surface area (Å²) in [7, 11) is 2.04. The van der Waals surface area contributed by atoms with E-state index in [0.29, 0.717) is 17.9 Å². The van der Waals surface area contributed by atoms with Crippen LogP contribution in [0.5, 0.6) is 0 Å². The molecule has 4 rings (SSSR count). The maximum absolute atomic E-state index is 6.11. The summed E-state index contributed by atoms with van der Waals surface area (Å²) < 4.78 is 1.91. The average Bonchev–Trinajstić information content (AvgIpc) is 3.35. The topological polar surface area (TPSA) is 87.9 Å². The van der Waals surface area contributed by atoms with Crippen molar-refractivity contribution in [1.29, 1.82) is 0 Å². The van der Waals surface area contributed by atoms with Crippen molar-refractivity contribution in [3.63, 3.8) is 0 Å². The molecule has 2 N–H and O–H groups in total. The van der Waals surface area contributed by atoms with Gasteiger partial charge in [0, 0.05) is 45.1 Å². The molecule has 8 nitrogen and oxygen atoms in total. The maximum Gasteiger partial charge on any atom is 0.203 e. The smallest absolute Gasteiger partial charge is 0.203 e. The van der Waals surface area contributed by atoms with Gasteiger partial charge in [-0.2, -0.15) is 0 Å². The summed E-state index contributed by atoms with van der Waals surface area (Å²) in [4.78, 5) is 13.6. The zero-order valence-electron chi connectivity index (χ0n) is 14.0. The summed E-state index contributed by atoms with van der Waals surface area (Å²) >= 11 is 0. The van der Waals surface area contributed by atoms with Gasteiger partial charge in [-0.15, -0.1) is 10.2 Å². The molecule has 0 aromatic carbocycles. The molecule has 1 atom stereocenters. The lowest BCUT2D eigenvalue weighted by atomic mass is 9.98. The third-order valence-electron chi connectivity index (χ3n) is 4.98. The predicted molar refractivity (Wildman–Crippen MR) is 93.0 cm³/mol. The fraction of sp³-hybridized carbons (Fsp3) is 0.625. The van der Waals surface area contributed by atoms with Crippen molar-refractivity contribution in [2.75, 3.05) is 31.6 Å². The normalized spacial score (nSPS) is 22.1. The Hall–Kier alpha value is -2.38. The van der Waals surface area contributed by atoms with Gasteiger partial charge in [-0.1, -0.05) is 0 Å². The lowest BCUT2D eigenvalue weighted by Gasteiger charge is -2.33. The molecule has 2 aliphatic rings. The molecule has 1 saturated heterocycles. The molecule has 2 fully saturated rings. The fourth-order valence-corrected chi connectivity index (χ4v) is 3.36. The van der Waals surface area contributed by atoms with E-state index < -0.39 is 0 Å². The van der Waals surface area contributed by atoms with E-state index in [0.717, 1.165) is 37.5 Å². The van der Waals surface area contributed by atoms with Gasteiger partial charge >= 0.3 is 0 Å². The molecule has 0 bridgehead atoms. The van der Waals surface area contributed by atoms with E-state index in [1.165, 1.54) is 19.3 Å². The van der Waals surface area contributed by atoms with E-state index >= 15 is 0 Å². The lowest BCUT2D eigenvalue weighted by Crippen LogP contribution is -2.39. The van der Waals surface area contributed by atoms with Gasteiger partial charge in [0.15, 0.2) is 11.8 Å². The van der Waals surface area contributed by atoms with E-state index in [-0.39, 0.29) is 0 Å². The van der Waals surface area contributed by atoms with Crippen molar-refractivity contribution >= 4 is 17.4 Å². The van der Waals surface area contributed by atoms with Gasteiger partial charge in [-0.25, -0.2) is 4.98 Å². The summed E-state index contributed by atoms with van der Waals surface area (Å²) in [5.74, 6) is 2.08. The molecule has 0 radical (unpaired) electrons. The summed E-state index contributed by atoms with van der Waals surface area (Å²) in [6.45, 7) is 2.70. The first-order valence-corrected chi connectivity index (χ1v) is 8.64. The lowest BCUT2D eigenvalue weighted by molar-refractivity contribution is 0.417. The van der Waals surface area contributed by atoms with E-state index in [2.05, 4.69) is 30.0 Å². The second-order valence-corrected chi connectivity index (χ2v) is 6.81. The Bertz CT molecular complexity index is 735. The Balaban J connectivity index is 1.44. The first-order valence-electron chi connectivity index (χ1n) is 8.64. The number of guanidine groups is 1. The number of piperidine rings is 1. The highest BCUT2D eigenvalue weighted by molar-refractivity contribution is 5.78. The molecule has 3 heterocycles. The molecular weight excluding hydrogens is 304 g/mol. The van der Waals surface area contributed by atoms with Crippen LogP contribution >= 0.6 is 0 Å². The van der Waals surface area contributed by atoms with Crippen LogP contribution in [0.4, 0.5) is 5.82 Å². The summed E-state index contributed by atoms with van der Waals surface area (Å²) in [6.07, 6.45) is 10.2. The number of anilines is 1. The number of aromatic nitrogens is 4. The number of hydrogen-bond acceptors (Lipinski definition) is 5. The number of fused-ring (bicyclic) bond motifs is 1. The van der Waals surface area contributed by atoms with Crippen LogP contribution in [0.25, 0.3) is 5.65 Å². The summed E-state index contributed by atoms with van der Waals surface area (Å²) in [5, 5.41) is 8.18. The minimum Gasteiger partial charge on any atom is -0.370 e. The molecule has 2 aromatic rings. The van der Waals surface area contributed by atoms with Gasteiger partial charge in [0.25, 0.3) is 0 Å². The van der Waals surface area contributed by atoms with Gasteiger partial charge in [0.1, 0.15) is 6.33 Å². The van der Waals surface area contributed by atoms with Crippen LogP contribution in [0.3, 0.4) is 0 Å². The minimum absolute atomic E-state index is 0.495. The molecule has 0 spiro atoms. The maximum atomic E-state index is 6.11. The van der Waals surface area contributed by atoms with Gasteiger partial charge in [0.05, 0.1) is 0 Å². The first kappa shape index (κ1) is 15.2. The van der Waals surface area contributed by atoms with E-state index in [9.17, 15) is 0 Å². The Morgan fingerprint density at radius 2 is 2.29 bits per heavy atom. The molecule has 0 amide bonds. The van der Waals surface area contributed by atoms with Crippen molar-refractivity contribution in [3.05, 3.63) is 18.7 Å². The van der Waals surface area contributed by atoms with E-state index in [4.69, 9.17) is 5.73 Å².